The average Bonchev–Trinajstić information content (AvgIpc) is 3.11. The van der Waals surface area contributed by atoms with Crippen molar-refractivity contribution >= 4 is 45.4 Å². The SMILES string of the molecule is CCNC(=NCc1cc(F)ccc1CS(C)(=O)=O)NCCc1cn2cccc(C)c2n1.I. The summed E-state index contributed by atoms with van der Waals surface area (Å²) >= 11 is 0. The molecule has 0 spiro atoms. The van der Waals surface area contributed by atoms with Gasteiger partial charge in [0.05, 0.1) is 18.0 Å². The van der Waals surface area contributed by atoms with E-state index in [-0.39, 0.29) is 36.3 Å². The number of hydrogen-bond acceptors (Lipinski definition) is 4. The number of fused-ring (bicyclic) bond motifs is 1. The van der Waals surface area contributed by atoms with Crippen LogP contribution in [0.15, 0.2) is 47.7 Å². The molecule has 7 nitrogen and oxygen atoms in total. The van der Waals surface area contributed by atoms with E-state index in [1.807, 2.05) is 42.8 Å². The molecule has 32 heavy (non-hydrogen) atoms. The van der Waals surface area contributed by atoms with Crippen LogP contribution in [0.2, 0.25) is 0 Å². The highest BCUT2D eigenvalue weighted by molar-refractivity contribution is 14.0. The van der Waals surface area contributed by atoms with E-state index in [2.05, 4.69) is 20.6 Å². The van der Waals surface area contributed by atoms with Crippen LogP contribution in [0, 0.1) is 12.7 Å². The number of nitrogens with zero attached hydrogens (tertiary/aromatic N) is 3. The minimum Gasteiger partial charge on any atom is -0.357 e. The van der Waals surface area contributed by atoms with E-state index in [0.29, 0.717) is 36.6 Å². The number of nitrogens with one attached hydrogen (secondary N) is 2. The van der Waals surface area contributed by atoms with Crippen LogP contribution < -0.4 is 10.6 Å². The van der Waals surface area contributed by atoms with E-state index in [1.165, 1.54) is 18.2 Å². The van der Waals surface area contributed by atoms with Crippen molar-refractivity contribution in [2.45, 2.75) is 32.6 Å². The van der Waals surface area contributed by atoms with Gasteiger partial charge in [-0.15, -0.1) is 24.0 Å². The molecule has 0 saturated carbocycles. The van der Waals surface area contributed by atoms with E-state index in [1.54, 1.807) is 0 Å². The Morgan fingerprint density at radius 1 is 1.22 bits per heavy atom. The summed E-state index contributed by atoms with van der Waals surface area (Å²) in [6, 6.07) is 8.14. The maximum absolute atomic E-state index is 13.7. The van der Waals surface area contributed by atoms with Gasteiger partial charge in [0.1, 0.15) is 11.5 Å². The highest BCUT2D eigenvalue weighted by atomic mass is 127. The third-order valence-corrected chi connectivity index (χ3v) is 5.57. The van der Waals surface area contributed by atoms with Crippen LogP contribution >= 0.6 is 24.0 Å². The minimum absolute atomic E-state index is 0. The fourth-order valence-corrected chi connectivity index (χ4v) is 4.15. The summed E-state index contributed by atoms with van der Waals surface area (Å²) in [4.78, 5) is 9.18. The minimum atomic E-state index is -3.23. The third-order valence-electron chi connectivity index (χ3n) is 4.74. The molecule has 2 aromatic heterocycles. The number of aryl methyl sites for hydroxylation is 1. The highest BCUT2D eigenvalue weighted by Gasteiger charge is 2.11. The molecule has 0 amide bonds. The smallest absolute Gasteiger partial charge is 0.191 e. The number of sulfone groups is 1. The van der Waals surface area contributed by atoms with Crippen LogP contribution in [0.3, 0.4) is 0 Å². The first-order chi connectivity index (χ1) is 14.7. The third kappa shape index (κ3) is 7.44. The Morgan fingerprint density at radius 3 is 2.69 bits per heavy atom. The van der Waals surface area contributed by atoms with Gasteiger partial charge >= 0.3 is 0 Å². The van der Waals surface area contributed by atoms with Gasteiger partial charge in [-0.1, -0.05) is 12.1 Å². The quantitative estimate of drug-likeness (QED) is 0.246. The molecule has 0 aliphatic heterocycles. The van der Waals surface area contributed by atoms with Crippen molar-refractivity contribution in [3.63, 3.8) is 0 Å². The van der Waals surface area contributed by atoms with Crippen LogP contribution in [0.1, 0.15) is 29.3 Å². The number of benzene rings is 1. The average molecular weight is 573 g/mol. The van der Waals surface area contributed by atoms with Gasteiger partial charge in [-0.2, -0.15) is 0 Å². The van der Waals surface area contributed by atoms with Gasteiger partial charge in [0.15, 0.2) is 15.8 Å². The van der Waals surface area contributed by atoms with Crippen molar-refractivity contribution in [1.29, 1.82) is 0 Å². The Balaban J connectivity index is 0.00000363. The number of pyridine rings is 1. The van der Waals surface area contributed by atoms with E-state index in [4.69, 9.17) is 0 Å². The fraction of sp³-hybridized carbons (Fsp3) is 0.364. The van der Waals surface area contributed by atoms with Crippen LogP contribution in [0.25, 0.3) is 5.65 Å². The van der Waals surface area contributed by atoms with Gasteiger partial charge in [-0.3, -0.25) is 0 Å². The Hall–Kier alpha value is -2.21. The normalized spacial score (nSPS) is 11.9. The summed E-state index contributed by atoms with van der Waals surface area (Å²) in [7, 11) is -3.23. The molecule has 10 heteroatoms. The molecular weight excluding hydrogens is 544 g/mol. The van der Waals surface area contributed by atoms with E-state index in [0.717, 1.165) is 23.2 Å². The van der Waals surface area contributed by atoms with Gasteiger partial charge in [-0.05, 0) is 48.7 Å². The monoisotopic (exact) mass is 573 g/mol. The first-order valence-corrected chi connectivity index (χ1v) is 12.2. The molecule has 0 fully saturated rings. The lowest BCUT2D eigenvalue weighted by molar-refractivity contribution is 0.600. The van der Waals surface area contributed by atoms with Crippen molar-refractivity contribution in [2.75, 3.05) is 19.3 Å². The van der Waals surface area contributed by atoms with Crippen molar-refractivity contribution in [1.82, 2.24) is 20.0 Å². The number of aliphatic imine (C=N–C) groups is 1. The molecule has 0 bridgehead atoms. The van der Waals surface area contributed by atoms with E-state index < -0.39 is 15.7 Å². The lowest BCUT2D eigenvalue weighted by Crippen LogP contribution is -2.38. The number of guanidine groups is 1. The molecule has 3 aromatic rings. The molecule has 2 N–H and O–H groups in total. The van der Waals surface area contributed by atoms with Crippen molar-refractivity contribution in [2.24, 2.45) is 4.99 Å². The molecule has 0 atom stereocenters. The van der Waals surface area contributed by atoms with Gasteiger partial charge in [-0.25, -0.2) is 22.8 Å². The fourth-order valence-electron chi connectivity index (χ4n) is 3.30. The summed E-state index contributed by atoms with van der Waals surface area (Å²) < 4.78 is 39.1. The number of rotatable bonds is 8. The predicted molar refractivity (Wildman–Crippen MR) is 137 cm³/mol. The molecule has 0 unspecified atom stereocenters. The van der Waals surface area contributed by atoms with Crippen LogP contribution in [-0.2, 0) is 28.6 Å². The van der Waals surface area contributed by atoms with Crippen molar-refractivity contribution < 1.29 is 12.8 Å². The zero-order chi connectivity index (χ0) is 22.4. The summed E-state index contributed by atoms with van der Waals surface area (Å²) in [5, 5.41) is 6.42. The second kappa shape index (κ2) is 11.6. The van der Waals surface area contributed by atoms with Crippen LogP contribution in [0.4, 0.5) is 4.39 Å². The second-order valence-electron chi connectivity index (χ2n) is 7.51. The number of halogens is 2. The predicted octanol–water partition coefficient (Wildman–Crippen LogP) is 3.24. The summed E-state index contributed by atoms with van der Waals surface area (Å²) in [6.45, 7) is 5.45. The summed E-state index contributed by atoms with van der Waals surface area (Å²) in [6.07, 6.45) is 5.86. The first-order valence-electron chi connectivity index (χ1n) is 10.2. The van der Waals surface area contributed by atoms with E-state index >= 15 is 0 Å². The Labute approximate surface area is 205 Å². The zero-order valence-corrected chi connectivity index (χ0v) is 21.6. The van der Waals surface area contributed by atoms with E-state index in [9.17, 15) is 12.8 Å². The molecule has 0 saturated heterocycles. The lowest BCUT2D eigenvalue weighted by atomic mass is 10.1. The maximum atomic E-state index is 13.7. The van der Waals surface area contributed by atoms with Gasteiger partial charge in [0.2, 0.25) is 0 Å². The molecule has 174 valence electrons. The molecule has 1 aromatic carbocycles. The topological polar surface area (TPSA) is 87.9 Å². The Kier molecular flexibility index (Phi) is 9.44. The lowest BCUT2D eigenvalue weighted by Gasteiger charge is -2.12. The largest absolute Gasteiger partial charge is 0.357 e. The molecule has 0 aliphatic carbocycles. The second-order valence-corrected chi connectivity index (χ2v) is 9.65. The molecule has 0 radical (unpaired) electrons. The van der Waals surface area contributed by atoms with Gasteiger partial charge in [0, 0.05) is 38.2 Å². The molecule has 3 rings (SSSR count). The summed E-state index contributed by atoms with van der Waals surface area (Å²) in [5.41, 5.74) is 4.15. The van der Waals surface area contributed by atoms with Gasteiger partial charge < -0.3 is 15.0 Å². The van der Waals surface area contributed by atoms with Gasteiger partial charge in [0.25, 0.3) is 0 Å². The highest BCUT2D eigenvalue weighted by Crippen LogP contribution is 2.15. The Morgan fingerprint density at radius 2 is 2.00 bits per heavy atom. The summed E-state index contributed by atoms with van der Waals surface area (Å²) in [5.74, 6) is 0.0228. The molecule has 0 aliphatic rings. The first kappa shape index (κ1) is 26.0. The van der Waals surface area contributed by atoms with Crippen molar-refractivity contribution in [3.05, 3.63) is 70.9 Å². The van der Waals surface area contributed by atoms with Crippen molar-refractivity contribution in [3.8, 4) is 0 Å². The molecular formula is C22H29FIN5O2S. The number of aromatic nitrogens is 2. The van der Waals surface area contributed by atoms with Crippen LogP contribution in [0.5, 0.6) is 0 Å². The number of imidazole rings is 1. The Bertz CT molecular complexity index is 1190. The zero-order valence-electron chi connectivity index (χ0n) is 18.4. The standard InChI is InChI=1S/C22H28FN5O2S.HI/c1-4-24-22(25-10-9-20-14-28-11-5-6-16(2)21(28)27-20)26-13-18-12-19(23)8-7-17(18)15-31(3,29)30;/h5-8,11-12,14H,4,9-10,13,15H2,1-3H3,(H2,24,25,26);1H. The van der Waals surface area contributed by atoms with Crippen LogP contribution in [-0.4, -0.2) is 43.1 Å². The molecule has 2 heterocycles. The maximum Gasteiger partial charge on any atom is 0.191 e. The number of hydrogen-bond donors (Lipinski definition) is 2.